The van der Waals surface area contributed by atoms with Crippen molar-refractivity contribution in [1.82, 2.24) is 9.78 Å². The van der Waals surface area contributed by atoms with Crippen LogP contribution in [0.4, 0.5) is 8.78 Å². The summed E-state index contributed by atoms with van der Waals surface area (Å²) in [6, 6.07) is 0.134. The number of alkyl halides is 3. The first-order chi connectivity index (χ1) is 7.74. The van der Waals surface area contributed by atoms with Crippen LogP contribution in [-0.4, -0.2) is 9.78 Å². The summed E-state index contributed by atoms with van der Waals surface area (Å²) in [6.07, 6.45) is 4.28. The lowest BCUT2D eigenvalue weighted by atomic mass is 9.95. The van der Waals surface area contributed by atoms with E-state index < -0.39 is 6.43 Å². The Morgan fingerprint density at radius 1 is 1.38 bits per heavy atom. The van der Waals surface area contributed by atoms with Gasteiger partial charge in [-0.1, -0.05) is 19.3 Å². The zero-order valence-corrected chi connectivity index (χ0v) is 9.76. The first-order valence-corrected chi connectivity index (χ1v) is 6.18. The molecule has 0 bridgehead atoms. The topological polar surface area (TPSA) is 17.8 Å². The predicted octanol–water partition coefficient (Wildman–Crippen LogP) is 4.06. The van der Waals surface area contributed by atoms with Gasteiger partial charge >= 0.3 is 0 Å². The van der Waals surface area contributed by atoms with E-state index >= 15 is 0 Å². The van der Waals surface area contributed by atoms with Gasteiger partial charge < -0.3 is 0 Å². The Balaban J connectivity index is 2.28. The number of hydrogen-bond donors (Lipinski definition) is 0. The molecule has 90 valence electrons. The number of halogens is 3. The van der Waals surface area contributed by atoms with Crippen LogP contribution in [-0.2, 0) is 5.88 Å². The summed E-state index contributed by atoms with van der Waals surface area (Å²) in [7, 11) is 0. The molecule has 0 spiro atoms. The molecule has 1 saturated carbocycles. The Kier molecular flexibility index (Phi) is 3.79. The lowest BCUT2D eigenvalue weighted by Crippen LogP contribution is -2.17. The highest BCUT2D eigenvalue weighted by Gasteiger charge is 2.25. The fraction of sp³-hybridized carbons (Fsp3) is 0.727. The van der Waals surface area contributed by atoms with Crippen LogP contribution in [0.3, 0.4) is 0 Å². The van der Waals surface area contributed by atoms with Gasteiger partial charge in [0.25, 0.3) is 6.43 Å². The lowest BCUT2D eigenvalue weighted by Gasteiger charge is -2.24. The van der Waals surface area contributed by atoms with Gasteiger partial charge in [0, 0.05) is 5.56 Å². The number of hydrogen-bond acceptors (Lipinski definition) is 1. The normalized spacial score (nSPS) is 18.2. The van der Waals surface area contributed by atoms with Crippen molar-refractivity contribution in [2.24, 2.45) is 0 Å². The van der Waals surface area contributed by atoms with E-state index in [4.69, 9.17) is 11.6 Å². The van der Waals surface area contributed by atoms with Crippen molar-refractivity contribution in [3.05, 3.63) is 17.5 Å². The molecular weight excluding hydrogens is 234 g/mol. The Hall–Kier alpha value is -0.640. The zero-order chi connectivity index (χ0) is 11.5. The summed E-state index contributed by atoms with van der Waals surface area (Å²) in [5.41, 5.74) is 0.476. The average molecular weight is 249 g/mol. The first kappa shape index (κ1) is 11.8. The van der Waals surface area contributed by atoms with Crippen molar-refractivity contribution in [3.8, 4) is 0 Å². The van der Waals surface area contributed by atoms with E-state index in [2.05, 4.69) is 5.10 Å². The maximum absolute atomic E-state index is 12.9. The molecular formula is C11H15ClF2N2. The Morgan fingerprint density at radius 3 is 2.62 bits per heavy atom. The number of rotatable bonds is 3. The van der Waals surface area contributed by atoms with Crippen LogP contribution in [0.25, 0.3) is 0 Å². The molecule has 1 aliphatic rings. The molecule has 0 aliphatic heterocycles. The molecule has 1 aliphatic carbocycles. The van der Waals surface area contributed by atoms with Gasteiger partial charge in [0.1, 0.15) is 5.69 Å². The molecule has 0 atom stereocenters. The molecule has 1 fully saturated rings. The summed E-state index contributed by atoms with van der Waals surface area (Å²) in [6.45, 7) is 0. The van der Waals surface area contributed by atoms with Gasteiger partial charge in [-0.3, -0.25) is 4.68 Å². The molecule has 0 radical (unpaired) electrons. The van der Waals surface area contributed by atoms with E-state index in [-0.39, 0.29) is 17.6 Å². The van der Waals surface area contributed by atoms with Gasteiger partial charge in [0.15, 0.2) is 0 Å². The first-order valence-electron chi connectivity index (χ1n) is 5.64. The molecule has 1 heterocycles. The molecule has 0 amide bonds. The summed E-state index contributed by atoms with van der Waals surface area (Å²) >= 11 is 5.64. The Morgan fingerprint density at radius 2 is 2.06 bits per heavy atom. The smallest absolute Gasteiger partial charge is 0.260 e. The number of aromatic nitrogens is 2. The largest absolute Gasteiger partial charge is 0.280 e. The van der Waals surface area contributed by atoms with Crippen LogP contribution in [0, 0.1) is 0 Å². The summed E-state index contributed by atoms with van der Waals surface area (Å²) in [5.74, 6) is 0.104. The minimum Gasteiger partial charge on any atom is -0.260 e. The van der Waals surface area contributed by atoms with Crippen molar-refractivity contribution in [1.29, 1.82) is 0 Å². The molecule has 16 heavy (non-hydrogen) atoms. The highest BCUT2D eigenvalue weighted by molar-refractivity contribution is 6.17. The molecule has 0 saturated heterocycles. The van der Waals surface area contributed by atoms with E-state index in [0.717, 1.165) is 25.7 Å². The standard InChI is InChI=1S/C11H15ClF2N2/c12-6-8-7-15-16(10(8)11(13)14)9-4-2-1-3-5-9/h7,9,11H,1-6H2. The maximum Gasteiger partial charge on any atom is 0.280 e. The molecule has 2 rings (SSSR count). The quantitative estimate of drug-likeness (QED) is 0.738. The second-order valence-corrected chi connectivity index (χ2v) is 4.49. The van der Waals surface area contributed by atoms with Gasteiger partial charge in [0.05, 0.1) is 18.1 Å². The maximum atomic E-state index is 12.9. The van der Waals surface area contributed by atoms with Crippen LogP contribution < -0.4 is 0 Å². The van der Waals surface area contributed by atoms with E-state index in [9.17, 15) is 8.78 Å². The molecule has 5 heteroatoms. The van der Waals surface area contributed by atoms with Crippen molar-refractivity contribution < 1.29 is 8.78 Å². The molecule has 0 N–H and O–H groups in total. The Labute approximate surface area is 98.6 Å². The van der Waals surface area contributed by atoms with Crippen LogP contribution >= 0.6 is 11.6 Å². The van der Waals surface area contributed by atoms with Crippen LogP contribution in [0.2, 0.25) is 0 Å². The van der Waals surface area contributed by atoms with Crippen LogP contribution in [0.15, 0.2) is 6.20 Å². The van der Waals surface area contributed by atoms with Crippen molar-refractivity contribution in [2.45, 2.75) is 50.5 Å². The van der Waals surface area contributed by atoms with Crippen molar-refractivity contribution in [3.63, 3.8) is 0 Å². The minimum absolute atomic E-state index is 0.0156. The summed E-state index contributed by atoms with van der Waals surface area (Å²) in [4.78, 5) is 0. The summed E-state index contributed by atoms with van der Waals surface area (Å²) < 4.78 is 27.4. The predicted molar refractivity (Wildman–Crippen MR) is 58.9 cm³/mol. The van der Waals surface area contributed by atoms with Gasteiger partial charge in [-0.05, 0) is 12.8 Å². The van der Waals surface area contributed by atoms with Crippen molar-refractivity contribution >= 4 is 11.6 Å². The highest BCUT2D eigenvalue weighted by Crippen LogP contribution is 2.33. The third kappa shape index (κ3) is 2.21. The average Bonchev–Trinajstić information content (AvgIpc) is 2.73. The monoisotopic (exact) mass is 248 g/mol. The Bertz CT molecular complexity index is 346. The van der Waals surface area contributed by atoms with E-state index in [1.54, 1.807) is 0 Å². The SMILES string of the molecule is FC(F)c1c(CCl)cnn1C1CCCCC1. The fourth-order valence-electron chi connectivity index (χ4n) is 2.37. The van der Waals surface area contributed by atoms with Gasteiger partial charge in [-0.25, -0.2) is 8.78 Å². The molecule has 1 aromatic heterocycles. The van der Waals surface area contributed by atoms with E-state index in [1.807, 2.05) is 0 Å². The lowest BCUT2D eigenvalue weighted by molar-refractivity contribution is 0.131. The molecule has 0 aromatic carbocycles. The fourth-order valence-corrected chi connectivity index (χ4v) is 2.57. The van der Waals surface area contributed by atoms with Crippen LogP contribution in [0.5, 0.6) is 0 Å². The second kappa shape index (κ2) is 5.13. The highest BCUT2D eigenvalue weighted by atomic mass is 35.5. The second-order valence-electron chi connectivity index (χ2n) is 4.23. The van der Waals surface area contributed by atoms with E-state index in [0.29, 0.717) is 5.56 Å². The van der Waals surface area contributed by atoms with Gasteiger partial charge in [-0.2, -0.15) is 5.10 Å². The van der Waals surface area contributed by atoms with Gasteiger partial charge in [-0.15, -0.1) is 11.6 Å². The van der Waals surface area contributed by atoms with Crippen LogP contribution in [0.1, 0.15) is 55.8 Å². The zero-order valence-electron chi connectivity index (χ0n) is 9.00. The molecule has 1 aromatic rings. The van der Waals surface area contributed by atoms with E-state index in [1.165, 1.54) is 17.3 Å². The summed E-state index contributed by atoms with van der Waals surface area (Å²) in [5, 5.41) is 4.08. The third-order valence-electron chi connectivity index (χ3n) is 3.19. The molecule has 0 unspecified atom stereocenters. The van der Waals surface area contributed by atoms with Crippen molar-refractivity contribution in [2.75, 3.05) is 0 Å². The third-order valence-corrected chi connectivity index (χ3v) is 3.47. The van der Waals surface area contributed by atoms with Gasteiger partial charge in [0.2, 0.25) is 0 Å². The molecule has 2 nitrogen and oxygen atoms in total. The number of nitrogens with zero attached hydrogens (tertiary/aromatic N) is 2. The minimum atomic E-state index is -2.49.